The van der Waals surface area contributed by atoms with E-state index in [1.54, 1.807) is 24.3 Å². The summed E-state index contributed by atoms with van der Waals surface area (Å²) in [6, 6.07) is 14.8. The largest absolute Gasteiger partial charge is 0.296 e. The molecule has 0 atom stereocenters. The maximum atomic E-state index is 12.0. The van der Waals surface area contributed by atoms with Crippen molar-refractivity contribution in [3.63, 3.8) is 0 Å². The van der Waals surface area contributed by atoms with Gasteiger partial charge < -0.3 is 0 Å². The van der Waals surface area contributed by atoms with E-state index in [4.69, 9.17) is 4.18 Å². The fourth-order valence-electron chi connectivity index (χ4n) is 2.07. The van der Waals surface area contributed by atoms with E-state index in [1.165, 1.54) is 5.56 Å². The van der Waals surface area contributed by atoms with E-state index < -0.39 is 10.1 Å². The lowest BCUT2D eigenvalue weighted by molar-refractivity contribution is 0.308. The molecule has 0 N–H and O–H groups in total. The summed E-state index contributed by atoms with van der Waals surface area (Å²) < 4.78 is 30.1. The SMILES string of the molecule is Cc1ccc(S(=O)(=O)OCCCCc2cccc(Br)c2)cc1. The average Bonchev–Trinajstić information content (AvgIpc) is 2.47. The van der Waals surface area contributed by atoms with Crippen LogP contribution in [0.15, 0.2) is 57.9 Å². The van der Waals surface area contributed by atoms with E-state index >= 15 is 0 Å². The van der Waals surface area contributed by atoms with Crippen molar-refractivity contribution in [3.05, 3.63) is 64.1 Å². The van der Waals surface area contributed by atoms with Crippen LogP contribution in [-0.4, -0.2) is 15.0 Å². The molecule has 2 aromatic carbocycles. The Morgan fingerprint density at radius 3 is 2.45 bits per heavy atom. The summed E-state index contributed by atoms with van der Waals surface area (Å²) in [4.78, 5) is 0.213. The Kier molecular flexibility index (Phi) is 6.17. The van der Waals surface area contributed by atoms with E-state index in [9.17, 15) is 8.42 Å². The van der Waals surface area contributed by atoms with Gasteiger partial charge in [0, 0.05) is 4.47 Å². The van der Waals surface area contributed by atoms with E-state index in [0.29, 0.717) is 6.42 Å². The van der Waals surface area contributed by atoms with Crippen molar-refractivity contribution in [1.82, 2.24) is 0 Å². The predicted octanol–water partition coefficient (Wildman–Crippen LogP) is 4.49. The van der Waals surface area contributed by atoms with Crippen molar-refractivity contribution in [2.75, 3.05) is 6.61 Å². The molecule has 22 heavy (non-hydrogen) atoms. The summed E-state index contributed by atoms with van der Waals surface area (Å²) in [5.41, 5.74) is 2.25. The minimum absolute atomic E-state index is 0.213. The zero-order valence-corrected chi connectivity index (χ0v) is 14.9. The summed E-state index contributed by atoms with van der Waals surface area (Å²) in [5, 5.41) is 0. The molecule has 0 aliphatic heterocycles. The number of hydrogen-bond acceptors (Lipinski definition) is 3. The molecule has 3 nitrogen and oxygen atoms in total. The maximum Gasteiger partial charge on any atom is 0.296 e. The Hall–Kier alpha value is -1.17. The second kappa shape index (κ2) is 7.90. The van der Waals surface area contributed by atoms with Crippen molar-refractivity contribution in [1.29, 1.82) is 0 Å². The Morgan fingerprint density at radius 1 is 1.05 bits per heavy atom. The average molecular weight is 383 g/mol. The van der Waals surface area contributed by atoms with Crippen LogP contribution >= 0.6 is 15.9 Å². The summed E-state index contributed by atoms with van der Waals surface area (Å²) in [6.45, 7) is 2.13. The highest BCUT2D eigenvalue weighted by Gasteiger charge is 2.14. The molecule has 0 aromatic heterocycles. The second-order valence-corrected chi connectivity index (χ2v) is 7.71. The van der Waals surface area contributed by atoms with Gasteiger partial charge in [0.05, 0.1) is 11.5 Å². The van der Waals surface area contributed by atoms with Crippen LogP contribution in [0, 0.1) is 6.92 Å². The van der Waals surface area contributed by atoms with E-state index in [-0.39, 0.29) is 11.5 Å². The summed E-state index contributed by atoms with van der Waals surface area (Å²) in [5.74, 6) is 0. The van der Waals surface area contributed by atoms with Gasteiger partial charge in [0.25, 0.3) is 10.1 Å². The Labute approximate surface area is 140 Å². The summed E-state index contributed by atoms with van der Waals surface area (Å²) >= 11 is 3.44. The van der Waals surface area contributed by atoms with E-state index in [1.807, 2.05) is 19.1 Å². The molecule has 0 bridgehead atoms. The van der Waals surface area contributed by atoms with Crippen LogP contribution in [0.3, 0.4) is 0 Å². The van der Waals surface area contributed by atoms with Gasteiger partial charge in [-0.3, -0.25) is 4.18 Å². The van der Waals surface area contributed by atoms with Crippen LogP contribution in [0.25, 0.3) is 0 Å². The van der Waals surface area contributed by atoms with Crippen LogP contribution in [0.2, 0.25) is 0 Å². The van der Waals surface area contributed by atoms with Crippen molar-refractivity contribution >= 4 is 26.0 Å². The molecule has 0 aliphatic carbocycles. The Bertz CT molecular complexity index is 709. The van der Waals surface area contributed by atoms with Crippen LogP contribution < -0.4 is 0 Å². The van der Waals surface area contributed by atoms with Crippen LogP contribution in [-0.2, 0) is 20.7 Å². The normalized spacial score (nSPS) is 11.5. The first-order valence-corrected chi connectivity index (χ1v) is 9.38. The zero-order chi connectivity index (χ0) is 16.0. The first-order valence-electron chi connectivity index (χ1n) is 7.18. The first-order chi connectivity index (χ1) is 10.5. The molecule has 118 valence electrons. The fraction of sp³-hybridized carbons (Fsp3) is 0.294. The standard InChI is InChI=1S/C17H19BrO3S/c1-14-8-10-17(11-9-14)22(19,20)21-12-3-2-5-15-6-4-7-16(18)13-15/h4,6-11,13H,2-3,5,12H2,1H3. The number of benzene rings is 2. The zero-order valence-electron chi connectivity index (χ0n) is 12.5. The summed E-state index contributed by atoms with van der Waals surface area (Å²) in [7, 11) is -3.64. The molecule has 0 fully saturated rings. The van der Waals surface area contributed by atoms with Crippen molar-refractivity contribution in [2.24, 2.45) is 0 Å². The van der Waals surface area contributed by atoms with Crippen molar-refractivity contribution in [2.45, 2.75) is 31.1 Å². The number of halogens is 1. The van der Waals surface area contributed by atoms with Crippen molar-refractivity contribution in [3.8, 4) is 0 Å². The Balaban J connectivity index is 1.77. The number of aryl methyl sites for hydroxylation is 2. The second-order valence-electron chi connectivity index (χ2n) is 5.18. The lowest BCUT2D eigenvalue weighted by Crippen LogP contribution is -2.07. The molecule has 0 aliphatic rings. The molecular formula is C17H19BrO3S. The van der Waals surface area contributed by atoms with Gasteiger partial charge >= 0.3 is 0 Å². The predicted molar refractivity (Wildman–Crippen MR) is 91.4 cm³/mol. The van der Waals surface area contributed by atoms with Gasteiger partial charge in [-0.05, 0) is 56.0 Å². The van der Waals surface area contributed by atoms with Crippen LogP contribution in [0.5, 0.6) is 0 Å². The molecule has 2 rings (SSSR count). The lowest BCUT2D eigenvalue weighted by Gasteiger charge is -2.06. The quantitative estimate of drug-likeness (QED) is 0.523. The molecule has 0 saturated heterocycles. The lowest BCUT2D eigenvalue weighted by atomic mass is 10.1. The van der Waals surface area contributed by atoms with Gasteiger partial charge in [-0.1, -0.05) is 45.8 Å². The third kappa shape index (κ3) is 5.23. The van der Waals surface area contributed by atoms with Gasteiger partial charge in [0.1, 0.15) is 0 Å². The molecule has 0 amide bonds. The molecule has 0 saturated carbocycles. The van der Waals surface area contributed by atoms with Crippen LogP contribution in [0.1, 0.15) is 24.0 Å². The number of rotatable bonds is 7. The third-order valence-corrected chi connectivity index (χ3v) is 5.12. The molecule has 0 heterocycles. The van der Waals surface area contributed by atoms with Crippen LogP contribution in [0.4, 0.5) is 0 Å². The van der Waals surface area contributed by atoms with Gasteiger partial charge in [-0.2, -0.15) is 8.42 Å². The smallest absolute Gasteiger partial charge is 0.266 e. The van der Waals surface area contributed by atoms with Crippen molar-refractivity contribution < 1.29 is 12.6 Å². The van der Waals surface area contributed by atoms with Gasteiger partial charge in [-0.25, -0.2) is 0 Å². The molecule has 5 heteroatoms. The highest BCUT2D eigenvalue weighted by Crippen LogP contribution is 2.15. The molecular weight excluding hydrogens is 364 g/mol. The van der Waals surface area contributed by atoms with Gasteiger partial charge in [0.2, 0.25) is 0 Å². The van der Waals surface area contributed by atoms with E-state index in [2.05, 4.69) is 28.1 Å². The number of hydrogen-bond donors (Lipinski definition) is 0. The van der Waals surface area contributed by atoms with Gasteiger partial charge in [-0.15, -0.1) is 0 Å². The van der Waals surface area contributed by atoms with Gasteiger partial charge in [0.15, 0.2) is 0 Å². The molecule has 0 spiro atoms. The third-order valence-electron chi connectivity index (χ3n) is 3.30. The monoisotopic (exact) mass is 382 g/mol. The number of unbranched alkanes of at least 4 members (excludes halogenated alkanes) is 1. The molecule has 0 radical (unpaired) electrons. The highest BCUT2D eigenvalue weighted by molar-refractivity contribution is 9.10. The highest BCUT2D eigenvalue weighted by atomic mass is 79.9. The molecule has 2 aromatic rings. The first kappa shape index (κ1) is 17.2. The minimum atomic E-state index is -3.64. The Morgan fingerprint density at radius 2 is 1.77 bits per heavy atom. The molecule has 0 unspecified atom stereocenters. The van der Waals surface area contributed by atoms with E-state index in [0.717, 1.165) is 22.9 Å². The summed E-state index contributed by atoms with van der Waals surface area (Å²) in [6.07, 6.45) is 2.50. The minimum Gasteiger partial charge on any atom is -0.266 e. The topological polar surface area (TPSA) is 43.4 Å². The fourth-order valence-corrected chi connectivity index (χ4v) is 3.45. The maximum absolute atomic E-state index is 12.0.